The van der Waals surface area contributed by atoms with Gasteiger partial charge in [0.2, 0.25) is 5.95 Å². The van der Waals surface area contributed by atoms with Crippen molar-refractivity contribution in [2.24, 2.45) is 0 Å². The van der Waals surface area contributed by atoms with Crippen LogP contribution in [0.1, 0.15) is 5.56 Å². The first-order valence-electron chi connectivity index (χ1n) is 8.53. The molecule has 164 valence electrons. The van der Waals surface area contributed by atoms with Crippen molar-refractivity contribution in [3.63, 3.8) is 0 Å². The molecule has 31 heavy (non-hydrogen) atoms. The van der Waals surface area contributed by atoms with Crippen LogP contribution in [-0.2, 0) is 16.6 Å². The van der Waals surface area contributed by atoms with Gasteiger partial charge < -0.3 is 9.47 Å². The third-order valence-electron chi connectivity index (χ3n) is 4.18. The van der Waals surface area contributed by atoms with Crippen LogP contribution in [0.4, 0.5) is 23.5 Å². The van der Waals surface area contributed by atoms with E-state index in [-0.39, 0.29) is 23.4 Å². The predicted molar refractivity (Wildman–Crippen MR) is 101 cm³/mol. The van der Waals surface area contributed by atoms with Crippen molar-refractivity contribution < 1.29 is 35.5 Å². The van der Waals surface area contributed by atoms with E-state index in [0.717, 1.165) is 0 Å². The quantitative estimate of drug-likeness (QED) is 0.399. The predicted octanol–water partition coefficient (Wildman–Crippen LogP) is 3.45. The number of aromatic nitrogens is 2. The summed E-state index contributed by atoms with van der Waals surface area (Å²) in [7, 11) is -2.10. The second-order valence-electron chi connectivity index (χ2n) is 6.09. The zero-order valence-corrected chi connectivity index (χ0v) is 17.0. The van der Waals surface area contributed by atoms with Crippen molar-refractivity contribution in [1.82, 2.24) is 9.97 Å². The average Bonchev–Trinajstić information content (AvgIpc) is 2.75. The van der Waals surface area contributed by atoms with Gasteiger partial charge in [0.25, 0.3) is 10.0 Å². The van der Waals surface area contributed by atoms with E-state index in [4.69, 9.17) is 9.47 Å². The van der Waals surface area contributed by atoms with Gasteiger partial charge in [0.15, 0.2) is 17.5 Å². The van der Waals surface area contributed by atoms with Crippen LogP contribution in [-0.4, -0.2) is 32.6 Å². The van der Waals surface area contributed by atoms with Gasteiger partial charge in [0.05, 0.1) is 33.2 Å². The van der Waals surface area contributed by atoms with Crippen molar-refractivity contribution in [3.05, 3.63) is 71.6 Å². The number of rotatable bonds is 7. The molecule has 0 N–H and O–H groups in total. The third-order valence-corrected chi connectivity index (χ3v) is 5.92. The highest BCUT2D eigenvalue weighted by Crippen LogP contribution is 2.31. The molecule has 1 aromatic heterocycles. The molecular formula is C19H15F4N3O4S. The smallest absolute Gasteiger partial charge is 0.270 e. The van der Waals surface area contributed by atoms with Crippen LogP contribution < -0.4 is 13.8 Å². The third kappa shape index (κ3) is 4.53. The van der Waals surface area contributed by atoms with Gasteiger partial charge in [-0.05, 0) is 12.1 Å². The molecule has 0 aliphatic heterocycles. The molecule has 0 unspecified atom stereocenters. The highest BCUT2D eigenvalue weighted by Gasteiger charge is 2.32. The topological polar surface area (TPSA) is 81.6 Å². The Morgan fingerprint density at radius 3 is 2.16 bits per heavy atom. The molecule has 0 atom stereocenters. The number of nitrogens with zero attached hydrogens (tertiary/aromatic N) is 3. The number of methoxy groups -OCH3 is 2. The van der Waals surface area contributed by atoms with Gasteiger partial charge in [0.1, 0.15) is 22.2 Å². The van der Waals surface area contributed by atoms with E-state index >= 15 is 0 Å². The van der Waals surface area contributed by atoms with E-state index in [1.807, 2.05) is 0 Å². The van der Waals surface area contributed by atoms with Crippen LogP contribution >= 0.6 is 0 Å². The first-order valence-corrected chi connectivity index (χ1v) is 9.97. The Morgan fingerprint density at radius 1 is 0.903 bits per heavy atom. The fourth-order valence-corrected chi connectivity index (χ4v) is 4.07. The number of sulfonamides is 1. The standard InChI is InChI=1S/C19H15F4N3O4S/c1-29-13-4-3-11(17(5-13)30-2)10-26(19-24-8-12(20)9-25-19)31(27,28)18-7-15(22)14(21)6-16(18)23/h3-9H,10H2,1-2H3. The van der Waals surface area contributed by atoms with Gasteiger partial charge in [-0.1, -0.05) is 0 Å². The summed E-state index contributed by atoms with van der Waals surface area (Å²) in [6, 6.07) is 4.79. The Balaban J connectivity index is 2.16. The molecule has 0 spiro atoms. The van der Waals surface area contributed by atoms with Gasteiger partial charge in [-0.25, -0.2) is 40.3 Å². The van der Waals surface area contributed by atoms with E-state index in [2.05, 4.69) is 9.97 Å². The lowest BCUT2D eigenvalue weighted by molar-refractivity contribution is 0.391. The summed E-state index contributed by atoms with van der Waals surface area (Å²) in [6.07, 6.45) is 1.41. The fourth-order valence-electron chi connectivity index (χ4n) is 2.66. The van der Waals surface area contributed by atoms with E-state index in [0.29, 0.717) is 22.4 Å². The maximum atomic E-state index is 14.3. The largest absolute Gasteiger partial charge is 0.497 e. The zero-order valence-electron chi connectivity index (χ0n) is 16.1. The van der Waals surface area contributed by atoms with Gasteiger partial charge in [-0.15, -0.1) is 0 Å². The Morgan fingerprint density at radius 2 is 1.55 bits per heavy atom. The van der Waals surface area contributed by atoms with E-state index in [9.17, 15) is 26.0 Å². The summed E-state index contributed by atoms with van der Waals surface area (Å²) >= 11 is 0. The van der Waals surface area contributed by atoms with Crippen molar-refractivity contribution >= 4 is 16.0 Å². The molecule has 0 saturated carbocycles. The van der Waals surface area contributed by atoms with Crippen molar-refractivity contribution in [2.75, 3.05) is 18.5 Å². The first-order chi connectivity index (χ1) is 14.7. The molecule has 0 aliphatic carbocycles. The van der Waals surface area contributed by atoms with Gasteiger partial charge in [-0.3, -0.25) is 0 Å². The van der Waals surface area contributed by atoms with Crippen LogP contribution in [0.5, 0.6) is 11.5 Å². The van der Waals surface area contributed by atoms with Crippen LogP contribution in [0.25, 0.3) is 0 Å². The minimum Gasteiger partial charge on any atom is -0.497 e. The molecule has 0 aliphatic rings. The first kappa shape index (κ1) is 22.3. The van der Waals surface area contributed by atoms with Crippen molar-refractivity contribution in [1.29, 1.82) is 0 Å². The zero-order chi connectivity index (χ0) is 22.8. The van der Waals surface area contributed by atoms with Crippen LogP contribution in [0.2, 0.25) is 0 Å². The lowest BCUT2D eigenvalue weighted by Gasteiger charge is -2.23. The maximum absolute atomic E-state index is 14.3. The van der Waals surface area contributed by atoms with Gasteiger partial charge in [-0.2, -0.15) is 0 Å². The Bertz CT molecular complexity index is 1210. The molecule has 0 amide bonds. The number of benzene rings is 2. The lowest BCUT2D eigenvalue weighted by atomic mass is 10.2. The number of hydrogen-bond acceptors (Lipinski definition) is 6. The molecule has 0 saturated heterocycles. The van der Waals surface area contributed by atoms with Crippen molar-refractivity contribution in [2.45, 2.75) is 11.4 Å². The summed E-state index contributed by atoms with van der Waals surface area (Å²) < 4.78 is 91.8. The summed E-state index contributed by atoms with van der Waals surface area (Å²) in [5.74, 6) is -5.38. The van der Waals surface area contributed by atoms with E-state index < -0.39 is 50.7 Å². The summed E-state index contributed by atoms with van der Waals surface area (Å²) in [5.41, 5.74) is 0.280. The maximum Gasteiger partial charge on any atom is 0.270 e. The minimum atomic E-state index is -4.86. The fraction of sp³-hybridized carbons (Fsp3) is 0.158. The minimum absolute atomic E-state index is 0.111. The SMILES string of the molecule is COc1ccc(CN(c2ncc(F)cn2)S(=O)(=O)c2cc(F)c(F)cc2F)c(OC)c1. The molecule has 0 bridgehead atoms. The second kappa shape index (κ2) is 8.76. The normalized spacial score (nSPS) is 11.3. The number of ether oxygens (including phenoxy) is 2. The molecule has 0 radical (unpaired) electrons. The molecule has 3 aromatic rings. The average molecular weight is 457 g/mol. The second-order valence-corrected chi connectivity index (χ2v) is 7.92. The Labute approximate surface area is 174 Å². The lowest BCUT2D eigenvalue weighted by Crippen LogP contribution is -2.33. The molecular weight excluding hydrogens is 442 g/mol. The summed E-state index contributed by atoms with van der Waals surface area (Å²) in [6.45, 7) is -0.500. The van der Waals surface area contributed by atoms with E-state index in [1.165, 1.54) is 32.4 Å². The number of halogens is 4. The highest BCUT2D eigenvalue weighted by molar-refractivity contribution is 7.92. The van der Waals surface area contributed by atoms with Crippen LogP contribution in [0.3, 0.4) is 0 Å². The molecule has 12 heteroatoms. The van der Waals surface area contributed by atoms with Gasteiger partial charge in [0, 0.05) is 23.8 Å². The summed E-state index contributed by atoms with van der Waals surface area (Å²) in [4.78, 5) is 6.11. The molecule has 3 rings (SSSR count). The van der Waals surface area contributed by atoms with Gasteiger partial charge >= 0.3 is 0 Å². The highest BCUT2D eigenvalue weighted by atomic mass is 32.2. The molecule has 1 heterocycles. The monoisotopic (exact) mass is 457 g/mol. The van der Waals surface area contributed by atoms with Crippen LogP contribution in [0.15, 0.2) is 47.6 Å². The van der Waals surface area contributed by atoms with Crippen molar-refractivity contribution in [3.8, 4) is 11.5 Å². The molecule has 0 fully saturated rings. The molecule has 7 nitrogen and oxygen atoms in total. The Kier molecular flexibility index (Phi) is 6.29. The number of anilines is 1. The Hall–Kier alpha value is -3.41. The number of hydrogen-bond donors (Lipinski definition) is 0. The molecule has 2 aromatic carbocycles. The summed E-state index contributed by atoms with van der Waals surface area (Å²) in [5, 5.41) is 0. The van der Waals surface area contributed by atoms with Crippen LogP contribution in [0, 0.1) is 23.3 Å². The van der Waals surface area contributed by atoms with E-state index in [1.54, 1.807) is 0 Å².